The summed E-state index contributed by atoms with van der Waals surface area (Å²) in [5.74, 6) is -1.64. The second-order valence-corrected chi connectivity index (χ2v) is 7.16. The van der Waals surface area contributed by atoms with Crippen molar-refractivity contribution >= 4 is 15.8 Å². The first-order valence-electron chi connectivity index (χ1n) is 7.69. The molecule has 0 bridgehead atoms. The van der Waals surface area contributed by atoms with Crippen LogP contribution in [0.1, 0.15) is 5.56 Å². The Morgan fingerprint density at radius 1 is 1.12 bits per heavy atom. The second kappa shape index (κ2) is 7.42. The van der Waals surface area contributed by atoms with Gasteiger partial charge < -0.3 is 9.64 Å². The van der Waals surface area contributed by atoms with Gasteiger partial charge in [0.25, 0.3) is 0 Å². The van der Waals surface area contributed by atoms with E-state index in [2.05, 4.69) is 9.71 Å². The van der Waals surface area contributed by atoms with Crippen molar-refractivity contribution in [3.05, 3.63) is 53.7 Å². The maximum Gasteiger partial charge on any atom is 0.246 e. The SMILES string of the molecule is O=S(=O)(NCc1cccnc1N1CCOCC1)c1c(F)cccc1F. The molecule has 0 atom stereocenters. The van der Waals surface area contributed by atoms with Crippen LogP contribution in [0.3, 0.4) is 0 Å². The van der Waals surface area contributed by atoms with E-state index in [0.29, 0.717) is 37.7 Å². The number of aromatic nitrogens is 1. The Bertz CT molecular complexity index is 835. The van der Waals surface area contributed by atoms with Gasteiger partial charge in [0.05, 0.1) is 13.2 Å². The highest BCUT2D eigenvalue weighted by atomic mass is 32.2. The number of anilines is 1. The van der Waals surface area contributed by atoms with Gasteiger partial charge in [-0.05, 0) is 18.2 Å². The largest absolute Gasteiger partial charge is 0.378 e. The van der Waals surface area contributed by atoms with Crippen molar-refractivity contribution in [2.75, 3.05) is 31.2 Å². The van der Waals surface area contributed by atoms with Gasteiger partial charge in [-0.1, -0.05) is 12.1 Å². The summed E-state index contributed by atoms with van der Waals surface area (Å²) in [6.07, 6.45) is 1.61. The van der Waals surface area contributed by atoms with E-state index in [1.54, 1.807) is 18.3 Å². The topological polar surface area (TPSA) is 71.5 Å². The Morgan fingerprint density at radius 3 is 2.48 bits per heavy atom. The second-order valence-electron chi connectivity index (χ2n) is 5.46. The van der Waals surface area contributed by atoms with Crippen LogP contribution < -0.4 is 9.62 Å². The van der Waals surface area contributed by atoms with Crippen molar-refractivity contribution < 1.29 is 21.9 Å². The van der Waals surface area contributed by atoms with E-state index in [4.69, 9.17) is 4.74 Å². The minimum absolute atomic E-state index is 0.128. The molecule has 0 spiro atoms. The summed E-state index contributed by atoms with van der Waals surface area (Å²) in [4.78, 5) is 5.30. The lowest BCUT2D eigenvalue weighted by molar-refractivity contribution is 0.122. The van der Waals surface area contributed by atoms with Crippen molar-refractivity contribution in [3.8, 4) is 0 Å². The van der Waals surface area contributed by atoms with E-state index < -0.39 is 26.6 Å². The third kappa shape index (κ3) is 3.94. The number of benzene rings is 1. The van der Waals surface area contributed by atoms with E-state index in [1.165, 1.54) is 0 Å². The van der Waals surface area contributed by atoms with Crippen LogP contribution in [-0.2, 0) is 21.3 Å². The number of halogens is 2. The highest BCUT2D eigenvalue weighted by molar-refractivity contribution is 7.89. The van der Waals surface area contributed by atoms with Gasteiger partial charge in [-0.15, -0.1) is 0 Å². The number of sulfonamides is 1. The zero-order chi connectivity index (χ0) is 17.9. The summed E-state index contributed by atoms with van der Waals surface area (Å²) in [6, 6.07) is 6.32. The van der Waals surface area contributed by atoms with Crippen LogP contribution >= 0.6 is 0 Å². The Hall–Kier alpha value is -2.10. The summed E-state index contributed by atoms with van der Waals surface area (Å²) < 4.78 is 59.6. The molecule has 1 N–H and O–H groups in total. The summed E-state index contributed by atoms with van der Waals surface area (Å²) in [7, 11) is -4.34. The average Bonchev–Trinajstić information content (AvgIpc) is 2.61. The zero-order valence-corrected chi connectivity index (χ0v) is 14.1. The molecule has 0 saturated carbocycles. The fourth-order valence-electron chi connectivity index (χ4n) is 2.61. The van der Waals surface area contributed by atoms with Crippen LogP contribution in [0.2, 0.25) is 0 Å². The Morgan fingerprint density at radius 2 is 1.80 bits per heavy atom. The number of ether oxygens (including phenoxy) is 1. The molecule has 2 aromatic rings. The molecule has 1 saturated heterocycles. The summed E-state index contributed by atoms with van der Waals surface area (Å²) in [6.45, 7) is 2.26. The molecule has 1 aromatic carbocycles. The quantitative estimate of drug-likeness (QED) is 0.868. The van der Waals surface area contributed by atoms with E-state index in [-0.39, 0.29) is 6.54 Å². The van der Waals surface area contributed by atoms with Crippen LogP contribution in [0.5, 0.6) is 0 Å². The lowest BCUT2D eigenvalue weighted by Gasteiger charge is -2.29. The van der Waals surface area contributed by atoms with Gasteiger partial charge in [0, 0.05) is 31.4 Å². The molecule has 1 aromatic heterocycles. The van der Waals surface area contributed by atoms with E-state index >= 15 is 0 Å². The van der Waals surface area contributed by atoms with Gasteiger partial charge in [0.2, 0.25) is 10.0 Å². The number of morpholine rings is 1. The molecule has 6 nitrogen and oxygen atoms in total. The summed E-state index contributed by atoms with van der Waals surface area (Å²) in [5.41, 5.74) is 0.615. The van der Waals surface area contributed by atoms with Crippen molar-refractivity contribution in [2.45, 2.75) is 11.4 Å². The number of nitrogens with zero attached hydrogens (tertiary/aromatic N) is 2. The smallest absolute Gasteiger partial charge is 0.246 e. The van der Waals surface area contributed by atoms with E-state index in [0.717, 1.165) is 18.2 Å². The standard InChI is InChI=1S/C16H17F2N3O3S/c17-13-4-1-5-14(18)15(13)25(22,23)20-11-12-3-2-6-19-16(12)21-7-9-24-10-8-21/h1-6,20H,7-11H2. The fourth-order valence-corrected chi connectivity index (χ4v) is 3.75. The van der Waals surface area contributed by atoms with Crippen LogP contribution in [0.25, 0.3) is 0 Å². The molecule has 25 heavy (non-hydrogen) atoms. The minimum atomic E-state index is -4.34. The van der Waals surface area contributed by atoms with E-state index in [9.17, 15) is 17.2 Å². The molecular weight excluding hydrogens is 352 g/mol. The molecule has 134 valence electrons. The number of pyridine rings is 1. The first-order valence-corrected chi connectivity index (χ1v) is 9.17. The van der Waals surface area contributed by atoms with Crippen LogP contribution in [0.15, 0.2) is 41.4 Å². The Balaban J connectivity index is 1.82. The lowest BCUT2D eigenvalue weighted by Crippen LogP contribution is -2.38. The Kier molecular flexibility index (Phi) is 5.26. The van der Waals surface area contributed by atoms with Gasteiger partial charge in [-0.3, -0.25) is 0 Å². The van der Waals surface area contributed by atoms with Crippen LogP contribution in [-0.4, -0.2) is 39.7 Å². The molecule has 1 aliphatic heterocycles. The zero-order valence-electron chi connectivity index (χ0n) is 13.3. The average molecular weight is 369 g/mol. The molecule has 0 radical (unpaired) electrons. The normalized spacial score (nSPS) is 15.4. The fraction of sp³-hybridized carbons (Fsp3) is 0.312. The molecule has 2 heterocycles. The number of hydrogen-bond donors (Lipinski definition) is 1. The third-order valence-corrected chi connectivity index (χ3v) is 5.27. The van der Waals surface area contributed by atoms with Crippen molar-refractivity contribution in [1.29, 1.82) is 0 Å². The Labute approximate surface area is 144 Å². The predicted octanol–water partition coefficient (Wildman–Crippen LogP) is 1.67. The van der Waals surface area contributed by atoms with Crippen LogP contribution in [0, 0.1) is 11.6 Å². The summed E-state index contributed by atoms with van der Waals surface area (Å²) >= 11 is 0. The predicted molar refractivity (Wildman–Crippen MR) is 87.7 cm³/mol. The van der Waals surface area contributed by atoms with Crippen molar-refractivity contribution in [1.82, 2.24) is 9.71 Å². The number of hydrogen-bond acceptors (Lipinski definition) is 5. The van der Waals surface area contributed by atoms with Crippen LogP contribution in [0.4, 0.5) is 14.6 Å². The highest BCUT2D eigenvalue weighted by Crippen LogP contribution is 2.21. The van der Waals surface area contributed by atoms with Gasteiger partial charge in [-0.2, -0.15) is 0 Å². The molecule has 1 aliphatic rings. The van der Waals surface area contributed by atoms with Gasteiger partial charge >= 0.3 is 0 Å². The van der Waals surface area contributed by atoms with Crippen molar-refractivity contribution in [2.24, 2.45) is 0 Å². The van der Waals surface area contributed by atoms with Gasteiger partial charge in [-0.25, -0.2) is 26.9 Å². The molecule has 3 rings (SSSR count). The maximum absolute atomic E-state index is 13.7. The number of nitrogens with one attached hydrogen (secondary N) is 1. The molecule has 0 unspecified atom stereocenters. The highest BCUT2D eigenvalue weighted by Gasteiger charge is 2.24. The van der Waals surface area contributed by atoms with Gasteiger partial charge in [0.1, 0.15) is 17.5 Å². The minimum Gasteiger partial charge on any atom is -0.378 e. The molecular formula is C16H17F2N3O3S. The first kappa shape index (κ1) is 17.7. The maximum atomic E-state index is 13.7. The third-order valence-electron chi connectivity index (χ3n) is 3.82. The molecule has 9 heteroatoms. The molecule has 0 amide bonds. The monoisotopic (exact) mass is 369 g/mol. The van der Waals surface area contributed by atoms with Gasteiger partial charge in [0.15, 0.2) is 4.90 Å². The first-order chi connectivity index (χ1) is 12.0. The van der Waals surface area contributed by atoms with Crippen molar-refractivity contribution in [3.63, 3.8) is 0 Å². The lowest BCUT2D eigenvalue weighted by atomic mass is 10.2. The van der Waals surface area contributed by atoms with E-state index in [1.807, 2.05) is 4.90 Å². The number of rotatable bonds is 5. The molecule has 0 aliphatic carbocycles. The summed E-state index contributed by atoms with van der Waals surface area (Å²) in [5, 5.41) is 0. The molecule has 1 fully saturated rings.